The summed E-state index contributed by atoms with van der Waals surface area (Å²) in [4.78, 5) is 14.6. The van der Waals surface area contributed by atoms with Gasteiger partial charge in [-0.05, 0) is 54.8 Å². The van der Waals surface area contributed by atoms with Crippen LogP contribution in [0.5, 0.6) is 0 Å². The number of carbonyl (C=O) groups excluding carboxylic acids is 1. The van der Waals surface area contributed by atoms with Gasteiger partial charge in [0, 0.05) is 31.6 Å². The molecule has 0 atom stereocenters. The van der Waals surface area contributed by atoms with Crippen molar-refractivity contribution in [1.29, 1.82) is 0 Å². The van der Waals surface area contributed by atoms with Crippen LogP contribution in [0.1, 0.15) is 10.4 Å². The number of carbonyl (C=O) groups is 1. The number of thioether (sulfide) groups is 1. The van der Waals surface area contributed by atoms with Crippen LogP contribution >= 0.6 is 11.8 Å². The minimum Gasteiger partial charge on any atom is -0.345 e. The summed E-state index contributed by atoms with van der Waals surface area (Å²) in [5.41, 5.74) is 1.01. The molecule has 5 nitrogen and oxygen atoms in total. The molecule has 0 aliphatic carbocycles. The molecule has 2 aromatic rings. The Morgan fingerprint density at radius 2 is 1.46 bits per heavy atom. The summed E-state index contributed by atoms with van der Waals surface area (Å²) >= 11 is 1.56. The van der Waals surface area contributed by atoms with Crippen molar-refractivity contribution >= 4 is 33.4 Å². The highest BCUT2D eigenvalue weighted by Crippen LogP contribution is 2.24. The molecule has 2 rings (SSSR count). The summed E-state index contributed by atoms with van der Waals surface area (Å²) in [6, 6.07) is 13.3. The average Bonchev–Trinajstić information content (AvgIpc) is 2.60. The third-order valence-electron chi connectivity index (χ3n) is 3.60. The highest BCUT2D eigenvalue weighted by molar-refractivity contribution is 7.98. The monoisotopic (exact) mass is 364 g/mol. The van der Waals surface area contributed by atoms with Crippen LogP contribution < -0.4 is 4.31 Å². The summed E-state index contributed by atoms with van der Waals surface area (Å²) in [5, 5.41) is 0. The van der Waals surface area contributed by atoms with E-state index in [0.717, 1.165) is 4.90 Å². The predicted molar refractivity (Wildman–Crippen MR) is 98.3 cm³/mol. The third kappa shape index (κ3) is 3.73. The van der Waals surface area contributed by atoms with Crippen molar-refractivity contribution in [1.82, 2.24) is 4.90 Å². The van der Waals surface area contributed by atoms with Crippen molar-refractivity contribution in [3.63, 3.8) is 0 Å². The van der Waals surface area contributed by atoms with Crippen LogP contribution in [-0.2, 0) is 10.0 Å². The minimum absolute atomic E-state index is 0.125. The van der Waals surface area contributed by atoms with Crippen molar-refractivity contribution in [2.24, 2.45) is 0 Å². The highest BCUT2D eigenvalue weighted by Gasteiger charge is 2.21. The fourth-order valence-electron chi connectivity index (χ4n) is 2.12. The van der Waals surface area contributed by atoms with Gasteiger partial charge in [0.05, 0.1) is 10.6 Å². The molecular formula is C17H20N2O3S2. The molecule has 2 aromatic carbocycles. The standard InChI is InChI=1S/C17H20N2O3S2/c1-18(2)17(20)13-5-7-14(8-6-13)19(3)24(21,22)16-11-9-15(23-4)10-12-16/h5-12H,1-4H3. The molecule has 128 valence electrons. The van der Waals surface area contributed by atoms with Gasteiger partial charge < -0.3 is 4.90 Å². The lowest BCUT2D eigenvalue weighted by molar-refractivity contribution is 0.0827. The summed E-state index contributed by atoms with van der Waals surface area (Å²) in [6.07, 6.45) is 1.94. The van der Waals surface area contributed by atoms with Crippen LogP contribution in [0.4, 0.5) is 5.69 Å². The first-order valence-corrected chi connectivity index (χ1v) is 9.88. The Labute approximate surface area is 147 Å². The maximum atomic E-state index is 12.7. The van der Waals surface area contributed by atoms with E-state index < -0.39 is 10.0 Å². The molecule has 0 aliphatic heterocycles. The molecule has 0 saturated heterocycles. The smallest absolute Gasteiger partial charge is 0.264 e. The molecule has 0 spiro atoms. The first-order chi connectivity index (χ1) is 11.3. The number of amides is 1. The first-order valence-electron chi connectivity index (χ1n) is 7.22. The SMILES string of the molecule is CSc1ccc(S(=O)(=O)N(C)c2ccc(C(=O)N(C)C)cc2)cc1. The molecule has 0 saturated carbocycles. The van der Waals surface area contributed by atoms with Crippen LogP contribution in [0.3, 0.4) is 0 Å². The van der Waals surface area contributed by atoms with Crippen LogP contribution in [0.2, 0.25) is 0 Å². The molecule has 1 amide bonds. The molecule has 7 heteroatoms. The highest BCUT2D eigenvalue weighted by atomic mass is 32.2. The van der Waals surface area contributed by atoms with Gasteiger partial charge >= 0.3 is 0 Å². The van der Waals surface area contributed by atoms with Gasteiger partial charge in [0.25, 0.3) is 15.9 Å². The van der Waals surface area contributed by atoms with E-state index in [2.05, 4.69) is 0 Å². The topological polar surface area (TPSA) is 57.7 Å². The Morgan fingerprint density at radius 3 is 1.92 bits per heavy atom. The molecule has 0 aromatic heterocycles. The van der Waals surface area contributed by atoms with E-state index in [0.29, 0.717) is 11.3 Å². The van der Waals surface area contributed by atoms with Crippen LogP contribution in [0, 0.1) is 0 Å². The molecule has 0 radical (unpaired) electrons. The zero-order chi connectivity index (χ0) is 17.9. The number of hydrogen-bond acceptors (Lipinski definition) is 4. The van der Waals surface area contributed by atoms with E-state index in [1.807, 2.05) is 6.26 Å². The number of anilines is 1. The van der Waals surface area contributed by atoms with Crippen molar-refractivity contribution in [3.8, 4) is 0 Å². The number of rotatable bonds is 5. The summed E-state index contributed by atoms with van der Waals surface area (Å²) in [5.74, 6) is -0.125. The first kappa shape index (κ1) is 18.4. The van der Waals surface area contributed by atoms with Gasteiger partial charge in [0.2, 0.25) is 0 Å². The van der Waals surface area contributed by atoms with Crippen LogP contribution in [0.25, 0.3) is 0 Å². The fraction of sp³-hybridized carbons (Fsp3) is 0.235. The van der Waals surface area contributed by atoms with Gasteiger partial charge in [-0.2, -0.15) is 0 Å². The quantitative estimate of drug-likeness (QED) is 0.766. The van der Waals surface area contributed by atoms with Crippen molar-refractivity contribution in [3.05, 3.63) is 54.1 Å². The molecule has 0 N–H and O–H groups in total. The van der Waals surface area contributed by atoms with Crippen molar-refractivity contribution in [2.75, 3.05) is 31.7 Å². The normalized spacial score (nSPS) is 11.2. The van der Waals surface area contributed by atoms with Gasteiger partial charge in [-0.15, -0.1) is 11.8 Å². The summed E-state index contributed by atoms with van der Waals surface area (Å²) in [7, 11) is 1.21. The third-order valence-corrected chi connectivity index (χ3v) is 6.15. The van der Waals surface area contributed by atoms with Gasteiger partial charge in [-0.25, -0.2) is 8.42 Å². The van der Waals surface area contributed by atoms with Gasteiger partial charge in [0.15, 0.2) is 0 Å². The number of hydrogen-bond donors (Lipinski definition) is 0. The largest absolute Gasteiger partial charge is 0.345 e. The van der Waals surface area contributed by atoms with Gasteiger partial charge in [-0.1, -0.05) is 0 Å². The molecular weight excluding hydrogens is 344 g/mol. The van der Waals surface area contributed by atoms with E-state index in [9.17, 15) is 13.2 Å². The lowest BCUT2D eigenvalue weighted by Crippen LogP contribution is -2.26. The van der Waals surface area contributed by atoms with Crippen LogP contribution in [0.15, 0.2) is 58.3 Å². The molecule has 0 unspecified atom stereocenters. The zero-order valence-electron chi connectivity index (χ0n) is 14.1. The Balaban J connectivity index is 2.29. The molecule has 0 fully saturated rings. The second-order valence-electron chi connectivity index (χ2n) is 5.39. The number of benzene rings is 2. The van der Waals surface area contributed by atoms with Gasteiger partial charge in [-0.3, -0.25) is 9.10 Å². The Bertz CT molecular complexity index is 814. The lowest BCUT2D eigenvalue weighted by atomic mass is 10.2. The van der Waals surface area contributed by atoms with E-state index >= 15 is 0 Å². The number of nitrogens with zero attached hydrogens (tertiary/aromatic N) is 2. The Morgan fingerprint density at radius 1 is 0.917 bits per heavy atom. The zero-order valence-corrected chi connectivity index (χ0v) is 15.7. The van der Waals surface area contributed by atoms with Crippen molar-refractivity contribution in [2.45, 2.75) is 9.79 Å². The van der Waals surface area contributed by atoms with Crippen LogP contribution in [-0.4, -0.2) is 46.6 Å². The Kier molecular flexibility index (Phi) is 5.56. The number of sulfonamides is 1. The van der Waals surface area contributed by atoms with Gasteiger partial charge in [0.1, 0.15) is 0 Å². The predicted octanol–water partition coefficient (Wildman–Crippen LogP) is 2.94. The Hall–Kier alpha value is -1.99. The maximum Gasteiger partial charge on any atom is 0.264 e. The fourth-order valence-corrected chi connectivity index (χ4v) is 3.72. The summed E-state index contributed by atoms with van der Waals surface area (Å²) in [6.45, 7) is 0. The second kappa shape index (κ2) is 7.27. The minimum atomic E-state index is -3.64. The van der Waals surface area contributed by atoms with E-state index in [4.69, 9.17) is 0 Å². The maximum absolute atomic E-state index is 12.7. The lowest BCUT2D eigenvalue weighted by Gasteiger charge is -2.20. The van der Waals surface area contributed by atoms with E-state index in [1.165, 1.54) is 16.3 Å². The molecule has 0 bridgehead atoms. The molecule has 0 aliphatic rings. The molecule has 24 heavy (non-hydrogen) atoms. The average molecular weight is 364 g/mol. The van der Waals surface area contributed by atoms with Crippen molar-refractivity contribution < 1.29 is 13.2 Å². The molecule has 0 heterocycles. The second-order valence-corrected chi connectivity index (χ2v) is 8.24. The van der Waals surface area contributed by atoms with E-state index in [-0.39, 0.29) is 10.8 Å². The van der Waals surface area contributed by atoms with E-state index in [1.54, 1.807) is 74.4 Å². The summed E-state index contributed by atoms with van der Waals surface area (Å²) < 4.78 is 26.6.